The molecule has 1 unspecified atom stereocenters. The molecule has 4 rings (SSSR count). The van der Waals surface area contributed by atoms with Crippen LogP contribution in [0.2, 0.25) is 10.0 Å². The van der Waals surface area contributed by atoms with Crippen LogP contribution in [0.25, 0.3) is 17.1 Å². The van der Waals surface area contributed by atoms with Gasteiger partial charge in [-0.25, -0.2) is 0 Å². The van der Waals surface area contributed by atoms with E-state index in [0.29, 0.717) is 22.9 Å². The van der Waals surface area contributed by atoms with Gasteiger partial charge in [-0.15, -0.1) is 10.2 Å². The zero-order valence-corrected chi connectivity index (χ0v) is 20.9. The summed E-state index contributed by atoms with van der Waals surface area (Å²) in [6, 6.07) is 25.3. The number of hydrogen-bond acceptors (Lipinski definition) is 4. The van der Waals surface area contributed by atoms with E-state index in [2.05, 4.69) is 15.5 Å². The van der Waals surface area contributed by atoms with Crippen molar-refractivity contribution >= 4 is 40.9 Å². The Bertz CT molecular complexity index is 1250. The fourth-order valence-electron chi connectivity index (χ4n) is 3.53. The molecule has 1 aromatic heterocycles. The van der Waals surface area contributed by atoms with Crippen molar-refractivity contribution < 1.29 is 4.79 Å². The SMILES string of the molecule is CC(NC(=O)CCCSc1nnc(-c2ccccc2)n1-c1ccc(Cl)c(Cl)c1)c1ccccc1. The van der Waals surface area contributed by atoms with E-state index in [1.165, 1.54) is 0 Å². The molecule has 174 valence electrons. The highest BCUT2D eigenvalue weighted by molar-refractivity contribution is 7.99. The number of carbonyl (C=O) groups is 1. The van der Waals surface area contributed by atoms with Gasteiger partial charge in [0.15, 0.2) is 11.0 Å². The molecule has 0 saturated carbocycles. The minimum atomic E-state index is -0.0208. The number of thioether (sulfide) groups is 1. The second-order valence-electron chi connectivity index (χ2n) is 7.76. The summed E-state index contributed by atoms with van der Waals surface area (Å²) >= 11 is 14.0. The van der Waals surface area contributed by atoms with E-state index in [9.17, 15) is 4.79 Å². The third-order valence-electron chi connectivity index (χ3n) is 5.28. The predicted molar refractivity (Wildman–Crippen MR) is 140 cm³/mol. The molecule has 34 heavy (non-hydrogen) atoms. The van der Waals surface area contributed by atoms with Crippen LogP contribution in [0.1, 0.15) is 31.4 Å². The Morgan fingerprint density at radius 2 is 1.68 bits per heavy atom. The van der Waals surface area contributed by atoms with Gasteiger partial charge in [0.2, 0.25) is 5.91 Å². The average Bonchev–Trinajstić information content (AvgIpc) is 3.28. The maximum atomic E-state index is 12.4. The standard InChI is InChI=1S/C26H24Cl2N4OS/c1-18(19-9-4-2-5-10-19)29-24(33)13-8-16-34-26-31-30-25(20-11-6-3-7-12-20)32(26)21-14-15-22(27)23(28)17-21/h2-7,9-12,14-15,17-18H,8,13,16H2,1H3,(H,29,33). The minimum Gasteiger partial charge on any atom is -0.350 e. The second-order valence-corrected chi connectivity index (χ2v) is 9.63. The van der Waals surface area contributed by atoms with Crippen molar-refractivity contribution in [3.63, 3.8) is 0 Å². The maximum Gasteiger partial charge on any atom is 0.220 e. The van der Waals surface area contributed by atoms with E-state index in [1.54, 1.807) is 17.8 Å². The number of nitrogens with zero attached hydrogens (tertiary/aromatic N) is 3. The molecular formula is C26H24Cl2N4OS. The predicted octanol–water partition coefficient (Wildman–Crippen LogP) is 6.99. The molecule has 0 saturated heterocycles. The molecule has 8 heteroatoms. The van der Waals surface area contributed by atoms with Crippen LogP contribution in [0.15, 0.2) is 84.0 Å². The van der Waals surface area contributed by atoms with E-state index >= 15 is 0 Å². The van der Waals surface area contributed by atoms with Gasteiger partial charge in [-0.2, -0.15) is 0 Å². The van der Waals surface area contributed by atoms with Gasteiger partial charge in [0.25, 0.3) is 0 Å². The van der Waals surface area contributed by atoms with E-state index in [1.807, 2.05) is 84.3 Å². The molecule has 0 spiro atoms. The van der Waals surface area contributed by atoms with Crippen LogP contribution < -0.4 is 5.32 Å². The lowest BCUT2D eigenvalue weighted by Gasteiger charge is -2.14. The Morgan fingerprint density at radius 1 is 0.971 bits per heavy atom. The molecule has 0 fully saturated rings. The van der Waals surface area contributed by atoms with Gasteiger partial charge in [-0.1, -0.05) is 95.6 Å². The van der Waals surface area contributed by atoms with Gasteiger partial charge in [0.05, 0.1) is 21.8 Å². The molecule has 1 heterocycles. The number of carbonyl (C=O) groups excluding carboxylic acids is 1. The zero-order chi connectivity index (χ0) is 23.9. The summed E-state index contributed by atoms with van der Waals surface area (Å²) in [6.45, 7) is 1.99. The van der Waals surface area contributed by atoms with Crippen LogP contribution in [0.4, 0.5) is 0 Å². The van der Waals surface area contributed by atoms with Crippen LogP contribution in [-0.4, -0.2) is 26.4 Å². The largest absolute Gasteiger partial charge is 0.350 e. The van der Waals surface area contributed by atoms with Crippen molar-refractivity contribution in [2.75, 3.05) is 5.75 Å². The fourth-order valence-corrected chi connectivity index (χ4v) is 4.71. The summed E-state index contributed by atoms with van der Waals surface area (Å²) in [5.41, 5.74) is 2.87. The first-order chi connectivity index (χ1) is 16.5. The summed E-state index contributed by atoms with van der Waals surface area (Å²) in [4.78, 5) is 12.4. The molecule has 1 amide bonds. The quantitative estimate of drug-likeness (QED) is 0.194. The number of rotatable bonds is 9. The van der Waals surface area contributed by atoms with E-state index < -0.39 is 0 Å². The molecule has 0 bridgehead atoms. The van der Waals surface area contributed by atoms with Crippen molar-refractivity contribution in [2.24, 2.45) is 0 Å². The first kappa shape index (κ1) is 24.3. The highest BCUT2D eigenvalue weighted by Gasteiger charge is 2.17. The topological polar surface area (TPSA) is 59.8 Å². The van der Waals surface area contributed by atoms with Gasteiger partial charge < -0.3 is 5.32 Å². The summed E-state index contributed by atoms with van der Waals surface area (Å²) < 4.78 is 1.97. The van der Waals surface area contributed by atoms with Crippen LogP contribution in [0.5, 0.6) is 0 Å². The second kappa shape index (κ2) is 11.6. The molecule has 5 nitrogen and oxygen atoms in total. The van der Waals surface area contributed by atoms with E-state index in [0.717, 1.165) is 33.5 Å². The van der Waals surface area contributed by atoms with Crippen LogP contribution in [0.3, 0.4) is 0 Å². The lowest BCUT2D eigenvalue weighted by molar-refractivity contribution is -0.121. The maximum absolute atomic E-state index is 12.4. The fraction of sp³-hybridized carbons (Fsp3) is 0.192. The highest BCUT2D eigenvalue weighted by atomic mass is 35.5. The van der Waals surface area contributed by atoms with Gasteiger partial charge in [0, 0.05) is 17.7 Å². The first-order valence-electron chi connectivity index (χ1n) is 11.0. The molecule has 0 aliphatic heterocycles. The monoisotopic (exact) mass is 510 g/mol. The molecule has 4 aromatic rings. The average molecular weight is 511 g/mol. The van der Waals surface area contributed by atoms with Crippen LogP contribution in [0, 0.1) is 0 Å². The van der Waals surface area contributed by atoms with Gasteiger partial charge in [-0.3, -0.25) is 9.36 Å². The number of nitrogens with one attached hydrogen (secondary N) is 1. The molecule has 1 N–H and O–H groups in total. The number of halogens is 2. The molecule has 0 aliphatic carbocycles. The van der Waals surface area contributed by atoms with Crippen LogP contribution in [-0.2, 0) is 4.79 Å². The lowest BCUT2D eigenvalue weighted by atomic mass is 10.1. The van der Waals surface area contributed by atoms with Gasteiger partial charge in [-0.05, 0) is 37.1 Å². The van der Waals surface area contributed by atoms with Gasteiger partial charge in [0.1, 0.15) is 0 Å². The first-order valence-corrected chi connectivity index (χ1v) is 12.7. The summed E-state index contributed by atoms with van der Waals surface area (Å²) in [7, 11) is 0. The highest BCUT2D eigenvalue weighted by Crippen LogP contribution is 2.31. The van der Waals surface area contributed by atoms with Crippen molar-refractivity contribution in [3.8, 4) is 17.1 Å². The zero-order valence-electron chi connectivity index (χ0n) is 18.6. The van der Waals surface area contributed by atoms with Crippen LogP contribution >= 0.6 is 35.0 Å². The Kier molecular flexibility index (Phi) is 8.27. The lowest BCUT2D eigenvalue weighted by Crippen LogP contribution is -2.26. The van der Waals surface area contributed by atoms with Crippen molar-refractivity contribution in [1.82, 2.24) is 20.1 Å². The van der Waals surface area contributed by atoms with Gasteiger partial charge >= 0.3 is 0 Å². The Hall–Kier alpha value is -2.80. The third-order valence-corrected chi connectivity index (χ3v) is 7.04. The molecule has 0 aliphatic rings. The Balaban J connectivity index is 1.43. The number of benzene rings is 3. The minimum absolute atomic E-state index is 0.0208. The Labute approximate surface area is 213 Å². The molecular weight excluding hydrogens is 487 g/mol. The molecule has 3 aromatic carbocycles. The molecule has 0 radical (unpaired) electrons. The van der Waals surface area contributed by atoms with Crippen molar-refractivity contribution in [1.29, 1.82) is 0 Å². The van der Waals surface area contributed by atoms with E-state index in [4.69, 9.17) is 23.2 Å². The summed E-state index contributed by atoms with van der Waals surface area (Å²) in [5.74, 6) is 1.48. The van der Waals surface area contributed by atoms with Crippen molar-refractivity contribution in [3.05, 3.63) is 94.5 Å². The number of amides is 1. The smallest absolute Gasteiger partial charge is 0.220 e. The van der Waals surface area contributed by atoms with E-state index in [-0.39, 0.29) is 11.9 Å². The normalized spacial score (nSPS) is 11.9. The summed E-state index contributed by atoms with van der Waals surface area (Å²) in [6.07, 6.45) is 1.16. The molecule has 1 atom stereocenters. The number of aromatic nitrogens is 3. The Morgan fingerprint density at radius 3 is 2.38 bits per heavy atom. The third kappa shape index (κ3) is 6.00. The summed E-state index contributed by atoms with van der Waals surface area (Å²) in [5, 5.41) is 13.6. The van der Waals surface area contributed by atoms with Crippen molar-refractivity contribution in [2.45, 2.75) is 31.0 Å². The number of hydrogen-bond donors (Lipinski definition) is 1.